The van der Waals surface area contributed by atoms with Crippen molar-refractivity contribution in [3.63, 3.8) is 0 Å². The lowest BCUT2D eigenvalue weighted by molar-refractivity contribution is -0.120. The van der Waals surface area contributed by atoms with Gasteiger partial charge < -0.3 is 14.2 Å². The second kappa shape index (κ2) is 7.00. The van der Waals surface area contributed by atoms with Crippen LogP contribution in [-0.4, -0.2) is 41.5 Å². The molecule has 6 heteroatoms. The summed E-state index contributed by atoms with van der Waals surface area (Å²) >= 11 is 0. The Morgan fingerprint density at radius 3 is 2.91 bits per heavy atom. The monoisotopic (exact) mass is 317 g/mol. The zero-order valence-corrected chi connectivity index (χ0v) is 13.7. The molecule has 3 rings (SSSR count). The SMILES string of the molecule is Cc1oc(-c2ccco2)nc1CC(=O)NC[C@@H](C)N1CCCC1. The average Bonchev–Trinajstić information content (AvgIpc) is 3.27. The number of oxazole rings is 1. The van der Waals surface area contributed by atoms with Crippen molar-refractivity contribution in [1.29, 1.82) is 0 Å². The molecule has 1 atom stereocenters. The van der Waals surface area contributed by atoms with Gasteiger partial charge in [0.2, 0.25) is 5.91 Å². The molecule has 124 valence electrons. The number of furan rings is 1. The summed E-state index contributed by atoms with van der Waals surface area (Å²) in [5, 5.41) is 2.99. The molecule has 1 saturated heterocycles. The molecule has 2 aromatic heterocycles. The molecule has 1 aliphatic heterocycles. The van der Waals surface area contributed by atoms with Crippen molar-refractivity contribution in [2.24, 2.45) is 0 Å². The first-order valence-electron chi connectivity index (χ1n) is 8.14. The number of carbonyl (C=O) groups excluding carboxylic acids is 1. The van der Waals surface area contributed by atoms with Crippen molar-refractivity contribution in [2.45, 2.75) is 39.2 Å². The van der Waals surface area contributed by atoms with E-state index >= 15 is 0 Å². The van der Waals surface area contributed by atoms with Gasteiger partial charge in [0.1, 0.15) is 5.76 Å². The van der Waals surface area contributed by atoms with E-state index in [1.807, 2.05) is 6.92 Å². The minimum atomic E-state index is -0.0292. The molecular formula is C17H23N3O3. The Bertz CT molecular complexity index is 642. The molecule has 0 spiro atoms. The maximum atomic E-state index is 12.1. The summed E-state index contributed by atoms with van der Waals surface area (Å²) in [4.78, 5) is 18.9. The highest BCUT2D eigenvalue weighted by molar-refractivity contribution is 5.78. The van der Waals surface area contributed by atoms with Crippen LogP contribution in [0.5, 0.6) is 0 Å². The summed E-state index contributed by atoms with van der Waals surface area (Å²) < 4.78 is 10.8. The van der Waals surface area contributed by atoms with Crippen LogP contribution in [0.25, 0.3) is 11.7 Å². The van der Waals surface area contributed by atoms with Crippen molar-refractivity contribution < 1.29 is 13.6 Å². The van der Waals surface area contributed by atoms with E-state index in [2.05, 4.69) is 22.1 Å². The molecule has 1 aliphatic rings. The van der Waals surface area contributed by atoms with Crippen LogP contribution in [0.4, 0.5) is 0 Å². The van der Waals surface area contributed by atoms with Crippen molar-refractivity contribution >= 4 is 5.91 Å². The Balaban J connectivity index is 1.53. The molecule has 1 fully saturated rings. The Morgan fingerprint density at radius 1 is 1.43 bits per heavy atom. The van der Waals surface area contributed by atoms with E-state index in [0.717, 1.165) is 13.1 Å². The number of carbonyl (C=O) groups is 1. The zero-order valence-electron chi connectivity index (χ0n) is 13.7. The molecule has 1 amide bonds. The summed E-state index contributed by atoms with van der Waals surface area (Å²) in [5.41, 5.74) is 0.655. The summed E-state index contributed by atoms with van der Waals surface area (Å²) in [6.45, 7) is 6.90. The van der Waals surface area contributed by atoms with Gasteiger partial charge in [-0.25, -0.2) is 4.98 Å². The van der Waals surface area contributed by atoms with E-state index in [0.29, 0.717) is 35.7 Å². The first kappa shape index (κ1) is 15.8. The van der Waals surface area contributed by atoms with Gasteiger partial charge in [0.05, 0.1) is 18.4 Å². The third-order valence-electron chi connectivity index (χ3n) is 4.31. The number of nitrogens with one attached hydrogen (secondary N) is 1. The third-order valence-corrected chi connectivity index (χ3v) is 4.31. The Hall–Kier alpha value is -2.08. The number of likely N-dealkylation sites (tertiary alicyclic amines) is 1. The molecule has 6 nitrogen and oxygen atoms in total. The molecule has 2 aromatic rings. The van der Waals surface area contributed by atoms with Gasteiger partial charge in [-0.1, -0.05) is 0 Å². The lowest BCUT2D eigenvalue weighted by Gasteiger charge is -2.23. The average molecular weight is 317 g/mol. The lowest BCUT2D eigenvalue weighted by Crippen LogP contribution is -2.41. The second-order valence-electron chi connectivity index (χ2n) is 6.07. The van der Waals surface area contributed by atoms with E-state index in [1.165, 1.54) is 12.8 Å². The van der Waals surface area contributed by atoms with Crippen LogP contribution in [-0.2, 0) is 11.2 Å². The molecule has 0 saturated carbocycles. The first-order valence-corrected chi connectivity index (χ1v) is 8.14. The number of nitrogens with zero attached hydrogens (tertiary/aromatic N) is 2. The number of hydrogen-bond donors (Lipinski definition) is 1. The Morgan fingerprint density at radius 2 is 2.22 bits per heavy atom. The third kappa shape index (κ3) is 3.82. The number of hydrogen-bond acceptors (Lipinski definition) is 5. The molecule has 0 radical (unpaired) electrons. The van der Waals surface area contributed by atoms with Crippen LogP contribution in [0.1, 0.15) is 31.2 Å². The number of amides is 1. The van der Waals surface area contributed by atoms with Gasteiger partial charge >= 0.3 is 0 Å². The van der Waals surface area contributed by atoms with Crippen LogP contribution in [0.15, 0.2) is 27.2 Å². The fourth-order valence-corrected chi connectivity index (χ4v) is 2.89. The van der Waals surface area contributed by atoms with Crippen molar-refractivity contribution in [3.8, 4) is 11.7 Å². The Kier molecular flexibility index (Phi) is 4.81. The van der Waals surface area contributed by atoms with E-state index in [9.17, 15) is 4.79 Å². The number of aromatic nitrogens is 1. The van der Waals surface area contributed by atoms with Gasteiger partial charge in [-0.05, 0) is 51.9 Å². The Labute approximate surface area is 135 Å². The van der Waals surface area contributed by atoms with Crippen molar-refractivity contribution in [2.75, 3.05) is 19.6 Å². The van der Waals surface area contributed by atoms with Gasteiger partial charge in [-0.2, -0.15) is 0 Å². The molecule has 3 heterocycles. The van der Waals surface area contributed by atoms with E-state index in [4.69, 9.17) is 8.83 Å². The number of rotatable bonds is 6. The fraction of sp³-hybridized carbons (Fsp3) is 0.529. The van der Waals surface area contributed by atoms with Crippen molar-refractivity contribution in [1.82, 2.24) is 15.2 Å². The molecule has 1 N–H and O–H groups in total. The largest absolute Gasteiger partial charge is 0.459 e. The van der Waals surface area contributed by atoms with E-state index in [-0.39, 0.29) is 12.3 Å². The molecular weight excluding hydrogens is 294 g/mol. The second-order valence-corrected chi connectivity index (χ2v) is 6.07. The molecule has 0 bridgehead atoms. The summed E-state index contributed by atoms with van der Waals surface area (Å²) in [5.74, 6) is 1.61. The summed E-state index contributed by atoms with van der Waals surface area (Å²) in [6, 6.07) is 3.94. The van der Waals surface area contributed by atoms with Crippen LogP contribution in [0, 0.1) is 6.92 Å². The minimum absolute atomic E-state index is 0.0292. The van der Waals surface area contributed by atoms with Gasteiger partial charge in [0, 0.05) is 12.6 Å². The van der Waals surface area contributed by atoms with Crippen LogP contribution in [0.2, 0.25) is 0 Å². The topological polar surface area (TPSA) is 71.5 Å². The maximum absolute atomic E-state index is 12.1. The van der Waals surface area contributed by atoms with Gasteiger partial charge in [0.25, 0.3) is 5.89 Å². The first-order chi connectivity index (χ1) is 11.1. The molecule has 0 aromatic carbocycles. The predicted octanol–water partition coefficient (Wildman–Crippen LogP) is 2.39. The van der Waals surface area contributed by atoms with Gasteiger partial charge in [-0.3, -0.25) is 9.69 Å². The molecule has 23 heavy (non-hydrogen) atoms. The van der Waals surface area contributed by atoms with Crippen molar-refractivity contribution in [3.05, 3.63) is 29.9 Å². The maximum Gasteiger partial charge on any atom is 0.263 e. The highest BCUT2D eigenvalue weighted by Crippen LogP contribution is 2.22. The standard InChI is InChI=1S/C17H23N3O3/c1-12(20-7-3-4-8-20)11-18-16(21)10-14-13(2)23-17(19-14)15-6-5-9-22-15/h5-6,9,12H,3-4,7-8,10-11H2,1-2H3,(H,18,21)/t12-/m1/s1. The minimum Gasteiger partial charge on any atom is -0.459 e. The van der Waals surface area contributed by atoms with E-state index < -0.39 is 0 Å². The highest BCUT2D eigenvalue weighted by Gasteiger charge is 2.20. The van der Waals surface area contributed by atoms with Crippen LogP contribution >= 0.6 is 0 Å². The summed E-state index contributed by atoms with van der Waals surface area (Å²) in [6.07, 6.45) is 4.31. The zero-order chi connectivity index (χ0) is 16.2. The number of aryl methyl sites for hydroxylation is 1. The highest BCUT2D eigenvalue weighted by atomic mass is 16.4. The van der Waals surface area contributed by atoms with E-state index in [1.54, 1.807) is 18.4 Å². The fourth-order valence-electron chi connectivity index (χ4n) is 2.89. The molecule has 0 aliphatic carbocycles. The van der Waals surface area contributed by atoms with Crippen LogP contribution < -0.4 is 5.32 Å². The van der Waals surface area contributed by atoms with Crippen LogP contribution in [0.3, 0.4) is 0 Å². The van der Waals surface area contributed by atoms with Gasteiger partial charge in [0.15, 0.2) is 5.76 Å². The quantitative estimate of drug-likeness (QED) is 0.885. The lowest BCUT2D eigenvalue weighted by atomic mass is 10.2. The smallest absolute Gasteiger partial charge is 0.263 e. The predicted molar refractivity (Wildman–Crippen MR) is 85.9 cm³/mol. The molecule has 0 unspecified atom stereocenters. The summed E-state index contributed by atoms with van der Waals surface area (Å²) in [7, 11) is 0. The van der Waals surface area contributed by atoms with Gasteiger partial charge in [-0.15, -0.1) is 0 Å². The normalized spacial score (nSPS) is 16.6.